The van der Waals surface area contributed by atoms with Gasteiger partial charge in [0.1, 0.15) is 17.7 Å². The molecule has 2 fully saturated rings. The molecule has 2 aromatic heterocycles. The summed E-state index contributed by atoms with van der Waals surface area (Å²) >= 11 is 0. The van der Waals surface area contributed by atoms with Crippen molar-refractivity contribution < 1.29 is 9.50 Å². The fraction of sp³-hybridized carbons (Fsp3) is 0.385. The number of hydrogen-bond acceptors (Lipinski definition) is 9. The van der Waals surface area contributed by atoms with Crippen molar-refractivity contribution in [2.45, 2.75) is 25.6 Å². The van der Waals surface area contributed by atoms with Gasteiger partial charge in [-0.2, -0.15) is 0 Å². The number of aromatic nitrogens is 4. The molecule has 2 aliphatic heterocycles. The highest BCUT2D eigenvalue weighted by Gasteiger charge is 2.25. The number of nitrogens with two attached hydrogens (primary N) is 1. The van der Waals surface area contributed by atoms with Gasteiger partial charge in [0.2, 0.25) is 5.82 Å². The van der Waals surface area contributed by atoms with E-state index in [9.17, 15) is 9.50 Å². The molecule has 186 valence electrons. The molecule has 0 saturated carbocycles. The molecule has 0 unspecified atom stereocenters. The van der Waals surface area contributed by atoms with E-state index < -0.39 is 6.17 Å². The number of likely N-dealkylation sites (tertiary alicyclic amines) is 1. The summed E-state index contributed by atoms with van der Waals surface area (Å²) in [5, 5.41) is 18.6. The van der Waals surface area contributed by atoms with Crippen LogP contribution in [-0.4, -0.2) is 81.7 Å². The van der Waals surface area contributed by atoms with Gasteiger partial charge in [-0.1, -0.05) is 18.1 Å². The molecule has 0 bridgehead atoms. The van der Waals surface area contributed by atoms with E-state index in [0.29, 0.717) is 49.1 Å². The van der Waals surface area contributed by atoms with E-state index >= 15 is 0 Å². The minimum absolute atomic E-state index is 0.150. The van der Waals surface area contributed by atoms with E-state index in [2.05, 4.69) is 48.7 Å². The summed E-state index contributed by atoms with van der Waals surface area (Å²) in [5.74, 6) is 7.86. The zero-order chi connectivity index (χ0) is 25.1. The van der Waals surface area contributed by atoms with Gasteiger partial charge in [-0.25, -0.2) is 14.4 Å². The van der Waals surface area contributed by atoms with Crippen LogP contribution in [0.2, 0.25) is 0 Å². The lowest BCUT2D eigenvalue weighted by Crippen LogP contribution is -2.48. The van der Waals surface area contributed by atoms with Crippen LogP contribution in [0.4, 0.5) is 21.7 Å². The van der Waals surface area contributed by atoms with Crippen LogP contribution in [-0.2, 0) is 0 Å². The molecular formula is C26H29FN8O. The SMILES string of the molecule is C[C@H]1CCN(c2cc(-c3ccccc3O)nnc2N)CCN1c1ccnc(C#CCN2CC(F)C2)n1. The molecule has 2 aliphatic rings. The lowest BCUT2D eigenvalue weighted by atomic mass is 10.1. The number of nitrogens with zero attached hydrogens (tertiary/aromatic N) is 7. The molecule has 1 aromatic carbocycles. The van der Waals surface area contributed by atoms with Crippen LogP contribution in [0.3, 0.4) is 0 Å². The quantitative estimate of drug-likeness (QED) is 0.535. The zero-order valence-corrected chi connectivity index (χ0v) is 20.2. The van der Waals surface area contributed by atoms with Gasteiger partial charge < -0.3 is 20.6 Å². The Bertz CT molecular complexity index is 1290. The van der Waals surface area contributed by atoms with Crippen LogP contribution in [0.15, 0.2) is 42.6 Å². The van der Waals surface area contributed by atoms with Crippen LogP contribution in [0.25, 0.3) is 11.3 Å². The van der Waals surface area contributed by atoms with Crippen molar-refractivity contribution in [2.24, 2.45) is 0 Å². The summed E-state index contributed by atoms with van der Waals surface area (Å²) < 4.78 is 13.0. The first-order chi connectivity index (χ1) is 17.5. The molecule has 1 atom stereocenters. The second kappa shape index (κ2) is 10.3. The van der Waals surface area contributed by atoms with E-state index in [-0.39, 0.29) is 11.8 Å². The highest BCUT2D eigenvalue weighted by atomic mass is 19.1. The second-order valence-electron chi connectivity index (χ2n) is 9.17. The molecule has 3 N–H and O–H groups in total. The Kier molecular flexibility index (Phi) is 6.82. The third kappa shape index (κ3) is 5.16. The molecule has 3 aromatic rings. The molecule has 36 heavy (non-hydrogen) atoms. The summed E-state index contributed by atoms with van der Waals surface area (Å²) in [6.45, 7) is 5.82. The Balaban J connectivity index is 1.31. The van der Waals surface area contributed by atoms with E-state index in [1.165, 1.54) is 0 Å². The Hall–Kier alpha value is -3.97. The summed E-state index contributed by atoms with van der Waals surface area (Å²) in [5.41, 5.74) is 8.21. The summed E-state index contributed by atoms with van der Waals surface area (Å²) in [7, 11) is 0. The number of anilines is 3. The van der Waals surface area contributed by atoms with Crippen molar-refractivity contribution in [1.82, 2.24) is 25.1 Å². The third-order valence-electron chi connectivity index (χ3n) is 6.63. The van der Waals surface area contributed by atoms with Gasteiger partial charge in [-0.15, -0.1) is 10.2 Å². The number of alkyl halides is 1. The first-order valence-corrected chi connectivity index (χ1v) is 12.1. The summed E-state index contributed by atoms with van der Waals surface area (Å²) in [4.78, 5) is 15.4. The molecule has 4 heterocycles. The van der Waals surface area contributed by atoms with Crippen LogP contribution < -0.4 is 15.5 Å². The number of hydrogen-bond donors (Lipinski definition) is 2. The molecule has 10 heteroatoms. The van der Waals surface area contributed by atoms with Crippen molar-refractivity contribution in [3.05, 3.63) is 48.4 Å². The lowest BCUT2D eigenvalue weighted by Gasteiger charge is -2.32. The van der Waals surface area contributed by atoms with Crippen LogP contribution in [0.1, 0.15) is 19.2 Å². The maximum atomic E-state index is 13.0. The first kappa shape index (κ1) is 23.8. The summed E-state index contributed by atoms with van der Waals surface area (Å²) in [6.07, 6.45) is 1.88. The minimum Gasteiger partial charge on any atom is -0.507 e. The number of phenols is 1. The predicted molar refractivity (Wildman–Crippen MR) is 137 cm³/mol. The highest BCUT2D eigenvalue weighted by Crippen LogP contribution is 2.32. The van der Waals surface area contributed by atoms with Gasteiger partial charge in [-0.3, -0.25) is 4.90 Å². The van der Waals surface area contributed by atoms with Crippen molar-refractivity contribution >= 4 is 17.3 Å². The average molecular weight is 489 g/mol. The average Bonchev–Trinajstić information content (AvgIpc) is 3.05. The molecule has 5 rings (SSSR count). The maximum absolute atomic E-state index is 13.0. The smallest absolute Gasteiger partial charge is 0.206 e. The Morgan fingerprint density at radius 2 is 1.97 bits per heavy atom. The number of aromatic hydroxyl groups is 1. The Morgan fingerprint density at radius 1 is 1.14 bits per heavy atom. The summed E-state index contributed by atoms with van der Waals surface area (Å²) in [6, 6.07) is 11.1. The number of halogens is 1. The van der Waals surface area contributed by atoms with E-state index in [4.69, 9.17) is 5.73 Å². The van der Waals surface area contributed by atoms with E-state index in [0.717, 1.165) is 31.0 Å². The monoisotopic (exact) mass is 488 g/mol. The van der Waals surface area contributed by atoms with Gasteiger partial charge in [0.25, 0.3) is 0 Å². The zero-order valence-electron chi connectivity index (χ0n) is 20.2. The fourth-order valence-electron chi connectivity index (χ4n) is 4.54. The van der Waals surface area contributed by atoms with Crippen LogP contribution in [0.5, 0.6) is 5.75 Å². The number of rotatable bonds is 4. The van der Waals surface area contributed by atoms with E-state index in [1.807, 2.05) is 29.2 Å². The molecule has 0 amide bonds. The normalized spacial score (nSPS) is 18.8. The van der Waals surface area contributed by atoms with Crippen molar-refractivity contribution in [1.29, 1.82) is 0 Å². The molecule has 9 nitrogen and oxygen atoms in total. The van der Waals surface area contributed by atoms with Crippen LogP contribution in [0, 0.1) is 11.8 Å². The Labute approximate surface area is 209 Å². The predicted octanol–water partition coefficient (Wildman–Crippen LogP) is 2.33. The topological polar surface area (TPSA) is 108 Å². The van der Waals surface area contributed by atoms with Crippen molar-refractivity contribution in [2.75, 3.05) is 54.8 Å². The molecule has 2 saturated heterocycles. The van der Waals surface area contributed by atoms with Gasteiger partial charge >= 0.3 is 0 Å². The number of benzene rings is 1. The van der Waals surface area contributed by atoms with Crippen molar-refractivity contribution in [3.63, 3.8) is 0 Å². The largest absolute Gasteiger partial charge is 0.507 e. The lowest BCUT2D eigenvalue weighted by molar-refractivity contribution is 0.0791. The maximum Gasteiger partial charge on any atom is 0.206 e. The van der Waals surface area contributed by atoms with Gasteiger partial charge in [-0.05, 0) is 43.5 Å². The van der Waals surface area contributed by atoms with E-state index in [1.54, 1.807) is 18.3 Å². The third-order valence-corrected chi connectivity index (χ3v) is 6.63. The minimum atomic E-state index is -0.731. The number of para-hydroxylation sites is 1. The van der Waals surface area contributed by atoms with Gasteiger partial charge in [0.15, 0.2) is 5.82 Å². The first-order valence-electron chi connectivity index (χ1n) is 12.1. The second-order valence-corrected chi connectivity index (χ2v) is 9.17. The standard InChI is InChI=1S/C26H29FN8O/c1-18-9-12-34(22-15-21(31-32-26(22)28)20-5-2-3-6-23(20)36)13-14-35(18)25-8-10-29-24(30-25)7-4-11-33-16-19(27)17-33/h2-3,5-6,8,10,15,18-19,36H,9,11-14,16-17H2,1H3,(H2,28,32)/t18-/m0/s1. The Morgan fingerprint density at radius 3 is 2.78 bits per heavy atom. The highest BCUT2D eigenvalue weighted by molar-refractivity contribution is 5.74. The van der Waals surface area contributed by atoms with Crippen LogP contribution >= 0.6 is 0 Å². The van der Waals surface area contributed by atoms with Gasteiger partial charge in [0, 0.05) is 50.5 Å². The number of nitrogen functional groups attached to an aromatic ring is 1. The molecular weight excluding hydrogens is 459 g/mol. The fourth-order valence-corrected chi connectivity index (χ4v) is 4.54. The molecule has 0 spiro atoms. The number of phenolic OH excluding ortho intramolecular Hbond substituents is 1. The molecule has 0 radical (unpaired) electrons. The van der Waals surface area contributed by atoms with Gasteiger partial charge in [0.05, 0.1) is 17.9 Å². The van der Waals surface area contributed by atoms with Crippen molar-refractivity contribution in [3.8, 4) is 28.8 Å². The molecule has 0 aliphatic carbocycles.